The van der Waals surface area contributed by atoms with Gasteiger partial charge in [-0.2, -0.15) is 0 Å². The van der Waals surface area contributed by atoms with E-state index in [0.29, 0.717) is 13.0 Å². The van der Waals surface area contributed by atoms with Gasteiger partial charge in [0.1, 0.15) is 11.5 Å². The maximum atomic E-state index is 10.9. The summed E-state index contributed by atoms with van der Waals surface area (Å²) in [6, 6.07) is 6.35. The van der Waals surface area contributed by atoms with E-state index in [1.807, 2.05) is 0 Å². The van der Waals surface area contributed by atoms with Crippen LogP contribution in [0.2, 0.25) is 0 Å². The van der Waals surface area contributed by atoms with Crippen LogP contribution in [-0.4, -0.2) is 25.0 Å². The molecule has 0 bridgehead atoms. The molecular weight excluding hydrogens is 286 g/mol. The van der Waals surface area contributed by atoms with Crippen LogP contribution in [0.4, 0.5) is 5.69 Å². The van der Waals surface area contributed by atoms with E-state index >= 15 is 0 Å². The maximum absolute atomic E-state index is 10.9. The monoisotopic (exact) mass is 315 g/mol. The fourth-order valence-corrected chi connectivity index (χ4v) is 3.07. The van der Waals surface area contributed by atoms with Crippen molar-refractivity contribution in [2.75, 3.05) is 18.6 Å². The fraction of sp³-hybridized carbons (Fsp3) is 0.550. The van der Waals surface area contributed by atoms with Gasteiger partial charge in [-0.25, -0.2) is 0 Å². The molecule has 1 heterocycles. The second kappa shape index (κ2) is 7.20. The van der Waals surface area contributed by atoms with Gasteiger partial charge in [0.2, 0.25) is 0 Å². The highest BCUT2D eigenvalue weighted by Gasteiger charge is 2.28. The number of ketones is 1. The minimum Gasteiger partial charge on any atom is -0.494 e. The highest BCUT2D eigenvalue weighted by Crippen LogP contribution is 2.39. The summed E-state index contributed by atoms with van der Waals surface area (Å²) in [5.41, 5.74) is 3.84. The summed E-state index contributed by atoms with van der Waals surface area (Å²) in [5, 5.41) is 0. The number of hydrogen-bond donors (Lipinski definition) is 0. The lowest BCUT2D eigenvalue weighted by molar-refractivity contribution is -0.117. The highest BCUT2D eigenvalue weighted by molar-refractivity contribution is 5.81. The first kappa shape index (κ1) is 17.6. The molecule has 0 saturated carbocycles. The fourth-order valence-electron chi connectivity index (χ4n) is 3.07. The van der Waals surface area contributed by atoms with Crippen LogP contribution < -0.4 is 9.64 Å². The molecule has 0 atom stereocenters. The zero-order chi connectivity index (χ0) is 17.0. The lowest BCUT2D eigenvalue weighted by Gasteiger charge is -2.40. The van der Waals surface area contributed by atoms with Crippen LogP contribution in [0.25, 0.3) is 5.57 Å². The van der Waals surface area contributed by atoms with E-state index in [1.54, 1.807) is 6.92 Å². The zero-order valence-corrected chi connectivity index (χ0v) is 15.1. The van der Waals surface area contributed by atoms with Crippen LogP contribution >= 0.6 is 0 Å². The molecule has 0 saturated heterocycles. The van der Waals surface area contributed by atoms with E-state index in [1.165, 1.54) is 16.8 Å². The lowest BCUT2D eigenvalue weighted by atomic mass is 9.89. The number of likely N-dealkylation sites (N-methyl/N-ethyl adjacent to an activating group) is 1. The Hall–Kier alpha value is -1.77. The maximum Gasteiger partial charge on any atom is 0.129 e. The summed E-state index contributed by atoms with van der Waals surface area (Å²) in [6.45, 7) is 8.98. The first-order valence-corrected chi connectivity index (χ1v) is 8.51. The number of benzene rings is 1. The average molecular weight is 315 g/mol. The van der Waals surface area contributed by atoms with Gasteiger partial charge in [0.05, 0.1) is 12.1 Å². The molecule has 0 aliphatic carbocycles. The van der Waals surface area contributed by atoms with Crippen LogP contribution in [0.1, 0.15) is 58.9 Å². The van der Waals surface area contributed by atoms with Crippen molar-refractivity contribution in [3.8, 4) is 5.75 Å². The number of Topliss-reactive ketones (excluding diaryl/α,β-unsaturated/α-hetero) is 1. The van der Waals surface area contributed by atoms with Crippen molar-refractivity contribution >= 4 is 17.0 Å². The van der Waals surface area contributed by atoms with Crippen LogP contribution in [-0.2, 0) is 4.79 Å². The largest absolute Gasteiger partial charge is 0.494 e. The summed E-state index contributed by atoms with van der Waals surface area (Å²) < 4.78 is 5.88. The third-order valence-corrected chi connectivity index (χ3v) is 4.63. The van der Waals surface area contributed by atoms with Crippen LogP contribution in [0, 0.1) is 0 Å². The molecule has 1 aromatic rings. The first-order chi connectivity index (χ1) is 10.8. The molecule has 1 aliphatic heterocycles. The van der Waals surface area contributed by atoms with Gasteiger partial charge in [-0.3, -0.25) is 0 Å². The predicted molar refractivity (Wildman–Crippen MR) is 97.2 cm³/mol. The van der Waals surface area contributed by atoms with E-state index < -0.39 is 0 Å². The molecule has 3 heteroatoms. The molecule has 126 valence electrons. The SMILES string of the molecule is CC(=O)CCCCCOc1ccc2c(c1)C(C)=CC(C)(C)N2C. The number of carbonyl (C=O) groups excluding carboxylic acids is 1. The van der Waals surface area contributed by atoms with Crippen molar-refractivity contribution in [2.45, 2.75) is 58.9 Å². The molecule has 0 N–H and O–H groups in total. The van der Waals surface area contributed by atoms with Crippen molar-refractivity contribution in [3.63, 3.8) is 0 Å². The number of unbranched alkanes of at least 4 members (excludes halogenated alkanes) is 2. The van der Waals surface area contributed by atoms with Crippen molar-refractivity contribution in [2.24, 2.45) is 0 Å². The number of hydrogen-bond acceptors (Lipinski definition) is 3. The average Bonchev–Trinajstić information content (AvgIpc) is 2.48. The van der Waals surface area contributed by atoms with Crippen molar-refractivity contribution in [1.82, 2.24) is 0 Å². The Balaban J connectivity index is 1.94. The van der Waals surface area contributed by atoms with Gasteiger partial charge in [0.15, 0.2) is 0 Å². The number of allylic oxidation sites excluding steroid dienone is 1. The predicted octanol–water partition coefficient (Wildman–Crippen LogP) is 4.85. The summed E-state index contributed by atoms with van der Waals surface area (Å²) in [6.07, 6.45) is 5.99. The molecule has 0 unspecified atom stereocenters. The van der Waals surface area contributed by atoms with E-state index in [9.17, 15) is 4.79 Å². The Morgan fingerprint density at radius 2 is 1.96 bits per heavy atom. The number of nitrogens with zero attached hydrogens (tertiary/aromatic N) is 1. The highest BCUT2D eigenvalue weighted by atomic mass is 16.5. The Kier molecular flexibility index (Phi) is 5.51. The van der Waals surface area contributed by atoms with Gasteiger partial charge < -0.3 is 14.4 Å². The van der Waals surface area contributed by atoms with E-state index in [-0.39, 0.29) is 11.3 Å². The number of fused-ring (bicyclic) bond motifs is 1. The van der Waals surface area contributed by atoms with E-state index in [0.717, 1.165) is 25.0 Å². The third kappa shape index (κ3) is 4.37. The van der Waals surface area contributed by atoms with Gasteiger partial charge in [0, 0.05) is 24.7 Å². The van der Waals surface area contributed by atoms with Gasteiger partial charge in [-0.05, 0) is 70.7 Å². The van der Waals surface area contributed by atoms with Gasteiger partial charge in [-0.15, -0.1) is 0 Å². The number of carbonyl (C=O) groups is 1. The molecule has 1 aliphatic rings. The van der Waals surface area contributed by atoms with Crippen molar-refractivity contribution in [1.29, 1.82) is 0 Å². The Labute approximate surface area is 140 Å². The molecule has 3 nitrogen and oxygen atoms in total. The Morgan fingerprint density at radius 1 is 1.22 bits per heavy atom. The molecule has 0 spiro atoms. The zero-order valence-electron chi connectivity index (χ0n) is 15.1. The molecule has 23 heavy (non-hydrogen) atoms. The Bertz CT molecular complexity index is 602. The summed E-state index contributed by atoms with van der Waals surface area (Å²) in [7, 11) is 2.14. The third-order valence-electron chi connectivity index (χ3n) is 4.63. The summed E-state index contributed by atoms with van der Waals surface area (Å²) in [4.78, 5) is 13.2. The smallest absolute Gasteiger partial charge is 0.129 e. The number of anilines is 1. The number of ether oxygens (including phenoxy) is 1. The molecule has 0 aromatic heterocycles. The normalized spacial score (nSPS) is 15.9. The van der Waals surface area contributed by atoms with Gasteiger partial charge in [-0.1, -0.05) is 6.08 Å². The molecule has 1 aromatic carbocycles. The van der Waals surface area contributed by atoms with E-state index in [4.69, 9.17) is 4.74 Å². The lowest BCUT2D eigenvalue weighted by Crippen LogP contribution is -2.41. The molecule has 0 amide bonds. The topological polar surface area (TPSA) is 29.5 Å². The first-order valence-electron chi connectivity index (χ1n) is 8.51. The standard InChI is InChI=1S/C20H29NO2/c1-15-14-20(3,4)21(5)19-11-10-17(13-18(15)19)23-12-8-6-7-9-16(2)22/h10-11,13-14H,6-9,12H2,1-5H3. The second-order valence-corrected chi connectivity index (χ2v) is 7.08. The molecule has 0 radical (unpaired) electrons. The van der Waals surface area contributed by atoms with Crippen molar-refractivity contribution < 1.29 is 9.53 Å². The van der Waals surface area contributed by atoms with Crippen molar-refractivity contribution in [3.05, 3.63) is 29.8 Å². The van der Waals surface area contributed by atoms with Crippen LogP contribution in [0.15, 0.2) is 24.3 Å². The second-order valence-electron chi connectivity index (χ2n) is 7.08. The molecular formula is C20H29NO2. The van der Waals surface area contributed by atoms with Crippen LogP contribution in [0.3, 0.4) is 0 Å². The van der Waals surface area contributed by atoms with Gasteiger partial charge >= 0.3 is 0 Å². The van der Waals surface area contributed by atoms with Crippen LogP contribution in [0.5, 0.6) is 5.75 Å². The minimum absolute atomic E-state index is 0.0379. The minimum atomic E-state index is 0.0379. The number of rotatable bonds is 7. The summed E-state index contributed by atoms with van der Waals surface area (Å²) in [5.74, 6) is 1.20. The quantitative estimate of drug-likeness (QED) is 0.674. The van der Waals surface area contributed by atoms with E-state index in [2.05, 4.69) is 57.0 Å². The molecule has 0 fully saturated rings. The summed E-state index contributed by atoms with van der Waals surface area (Å²) >= 11 is 0. The molecule has 2 rings (SSSR count). The Morgan fingerprint density at radius 3 is 2.65 bits per heavy atom. The van der Waals surface area contributed by atoms with Gasteiger partial charge in [0.25, 0.3) is 0 Å².